The first kappa shape index (κ1) is 21.6. The number of pyridine rings is 1. The van der Waals surface area contributed by atoms with Crippen molar-refractivity contribution in [2.75, 3.05) is 20.1 Å². The van der Waals surface area contributed by atoms with Crippen LogP contribution in [0.5, 0.6) is 11.5 Å². The van der Waals surface area contributed by atoms with Gasteiger partial charge in [-0.25, -0.2) is 0 Å². The van der Waals surface area contributed by atoms with Gasteiger partial charge in [-0.3, -0.25) is 14.7 Å². The van der Waals surface area contributed by atoms with Gasteiger partial charge in [-0.2, -0.15) is 5.26 Å². The fraction of sp³-hybridized carbons (Fsp3) is 0.435. The van der Waals surface area contributed by atoms with Crippen LogP contribution in [0.4, 0.5) is 0 Å². The lowest BCUT2D eigenvalue weighted by molar-refractivity contribution is -0.129. The molecule has 2 heterocycles. The number of hydrogen-bond donors (Lipinski definition) is 1. The second kappa shape index (κ2) is 9.59. The number of hydrogen-bond acceptors (Lipinski definition) is 6. The van der Waals surface area contributed by atoms with E-state index in [-0.39, 0.29) is 24.5 Å². The van der Waals surface area contributed by atoms with E-state index in [1.807, 2.05) is 32.9 Å². The van der Waals surface area contributed by atoms with Gasteiger partial charge in [-0.1, -0.05) is 12.1 Å². The van der Waals surface area contributed by atoms with Crippen molar-refractivity contribution in [2.24, 2.45) is 5.92 Å². The molecule has 3 rings (SSSR count). The maximum Gasteiger partial charge on any atom is 0.225 e. The summed E-state index contributed by atoms with van der Waals surface area (Å²) in [6.45, 7) is 8.51. The molecule has 0 saturated carbocycles. The molecular formula is C23H28N4O3. The number of aromatic nitrogens is 1. The van der Waals surface area contributed by atoms with E-state index in [0.29, 0.717) is 17.0 Å². The highest BCUT2D eigenvalue weighted by atomic mass is 16.5. The number of benzene rings is 1. The lowest BCUT2D eigenvalue weighted by Crippen LogP contribution is -2.52. The van der Waals surface area contributed by atoms with Crippen molar-refractivity contribution < 1.29 is 14.3 Å². The number of rotatable bonds is 8. The first-order valence-corrected chi connectivity index (χ1v) is 10.1. The molecule has 7 heteroatoms. The van der Waals surface area contributed by atoms with Crippen LogP contribution in [0.3, 0.4) is 0 Å². The number of amides is 1. The molecule has 0 atom stereocenters. The normalized spacial score (nSPS) is 14.1. The summed E-state index contributed by atoms with van der Waals surface area (Å²) in [5.41, 5.74) is 3.35. The minimum absolute atomic E-state index is 0.0203. The average Bonchev–Trinajstić information content (AvgIpc) is 2.69. The number of carbonyl (C=O) groups is 1. The summed E-state index contributed by atoms with van der Waals surface area (Å²) in [4.78, 5) is 18.2. The predicted octanol–water partition coefficient (Wildman–Crippen LogP) is 2.81. The van der Waals surface area contributed by atoms with E-state index in [0.717, 1.165) is 30.9 Å². The Bertz CT molecular complexity index is 946. The topological polar surface area (TPSA) is 87.5 Å². The summed E-state index contributed by atoms with van der Waals surface area (Å²) >= 11 is 0. The number of nitrogens with one attached hydrogen (secondary N) is 1. The molecule has 1 saturated heterocycles. The van der Waals surface area contributed by atoms with Crippen LogP contribution in [0.15, 0.2) is 30.5 Å². The van der Waals surface area contributed by atoms with Gasteiger partial charge in [0.1, 0.15) is 18.4 Å². The highest BCUT2D eigenvalue weighted by molar-refractivity contribution is 5.79. The molecule has 1 aliphatic heterocycles. The fourth-order valence-corrected chi connectivity index (χ4v) is 3.45. The summed E-state index contributed by atoms with van der Waals surface area (Å²) < 4.78 is 11.5. The Kier molecular flexibility index (Phi) is 6.91. The maximum absolute atomic E-state index is 11.6. The Morgan fingerprint density at radius 1 is 1.33 bits per heavy atom. The van der Waals surface area contributed by atoms with Gasteiger partial charge in [-0.05, 0) is 44.0 Å². The molecule has 1 aliphatic rings. The number of nitrogens with zero attached hydrogens (tertiary/aromatic N) is 3. The van der Waals surface area contributed by atoms with Crippen molar-refractivity contribution in [1.29, 1.82) is 5.26 Å². The lowest BCUT2D eigenvalue weighted by Gasteiger charge is -2.38. The highest BCUT2D eigenvalue weighted by Gasteiger charge is 2.31. The molecule has 1 amide bonds. The highest BCUT2D eigenvalue weighted by Crippen LogP contribution is 2.25. The molecule has 158 valence electrons. The van der Waals surface area contributed by atoms with E-state index in [1.54, 1.807) is 19.3 Å². The Balaban J connectivity index is 1.56. The number of ether oxygens (including phenoxy) is 2. The van der Waals surface area contributed by atoms with E-state index in [1.165, 1.54) is 5.56 Å². The summed E-state index contributed by atoms with van der Waals surface area (Å²) in [7, 11) is 1.68. The van der Waals surface area contributed by atoms with Crippen LogP contribution >= 0.6 is 0 Å². The van der Waals surface area contributed by atoms with Gasteiger partial charge < -0.3 is 14.8 Å². The molecular weight excluding hydrogens is 380 g/mol. The van der Waals surface area contributed by atoms with Gasteiger partial charge in [0.05, 0.1) is 29.5 Å². The quantitative estimate of drug-likeness (QED) is 0.723. The lowest BCUT2D eigenvalue weighted by atomic mass is 9.98. The Morgan fingerprint density at radius 3 is 2.73 bits per heavy atom. The van der Waals surface area contributed by atoms with Crippen molar-refractivity contribution in [3.05, 3.63) is 52.8 Å². The third kappa shape index (κ3) is 5.28. The molecule has 0 radical (unpaired) electrons. The van der Waals surface area contributed by atoms with Crippen LogP contribution in [0.2, 0.25) is 0 Å². The van der Waals surface area contributed by atoms with Gasteiger partial charge in [0.15, 0.2) is 5.75 Å². The number of carbonyl (C=O) groups excluding carboxylic acids is 1. The summed E-state index contributed by atoms with van der Waals surface area (Å²) in [5.74, 6) is 1.49. The summed E-state index contributed by atoms with van der Waals surface area (Å²) in [6, 6.07) is 9.97. The molecule has 1 N–H and O–H groups in total. The van der Waals surface area contributed by atoms with Crippen LogP contribution in [0.1, 0.15) is 36.2 Å². The van der Waals surface area contributed by atoms with Crippen molar-refractivity contribution in [3.8, 4) is 17.6 Å². The standard InChI is InChI=1S/C23H28N4O3/c1-15(2)30-22-10-26-20(8-18(22)9-24)14-29-21-6-5-17(7-16(21)3)11-27-12-19(13-27)23(28)25-4/h5-8,10,15,19H,11-14H2,1-4H3,(H,25,28). The average molecular weight is 409 g/mol. The molecule has 7 nitrogen and oxygen atoms in total. The molecule has 30 heavy (non-hydrogen) atoms. The second-order valence-electron chi connectivity index (χ2n) is 7.84. The Labute approximate surface area is 177 Å². The third-order valence-electron chi connectivity index (χ3n) is 5.00. The van der Waals surface area contributed by atoms with Crippen molar-refractivity contribution in [2.45, 2.75) is 40.0 Å². The monoisotopic (exact) mass is 408 g/mol. The van der Waals surface area contributed by atoms with Gasteiger partial charge in [-0.15, -0.1) is 0 Å². The second-order valence-corrected chi connectivity index (χ2v) is 7.84. The van der Waals surface area contributed by atoms with E-state index >= 15 is 0 Å². The predicted molar refractivity (Wildman–Crippen MR) is 113 cm³/mol. The van der Waals surface area contributed by atoms with Gasteiger partial charge in [0.25, 0.3) is 0 Å². The zero-order chi connectivity index (χ0) is 21.7. The number of aryl methyl sites for hydroxylation is 1. The fourth-order valence-electron chi connectivity index (χ4n) is 3.45. The zero-order valence-electron chi connectivity index (χ0n) is 17.9. The largest absolute Gasteiger partial charge is 0.488 e. The SMILES string of the molecule is CNC(=O)C1CN(Cc2ccc(OCc3cc(C#N)c(OC(C)C)cn3)c(C)c2)C1. The van der Waals surface area contributed by atoms with E-state index in [9.17, 15) is 10.1 Å². The van der Waals surface area contributed by atoms with Crippen LogP contribution in [-0.4, -0.2) is 42.0 Å². The maximum atomic E-state index is 11.6. The Morgan fingerprint density at radius 2 is 2.10 bits per heavy atom. The van der Waals surface area contributed by atoms with E-state index < -0.39 is 0 Å². The Hall–Kier alpha value is -3.11. The third-order valence-corrected chi connectivity index (χ3v) is 5.00. The van der Waals surface area contributed by atoms with E-state index in [4.69, 9.17) is 9.47 Å². The van der Waals surface area contributed by atoms with E-state index in [2.05, 4.69) is 27.3 Å². The summed E-state index contributed by atoms with van der Waals surface area (Å²) in [6.07, 6.45) is 1.56. The number of likely N-dealkylation sites (tertiary alicyclic amines) is 1. The molecule has 0 spiro atoms. The zero-order valence-corrected chi connectivity index (χ0v) is 17.9. The first-order valence-electron chi connectivity index (χ1n) is 10.1. The van der Waals surface area contributed by atoms with Gasteiger partial charge >= 0.3 is 0 Å². The van der Waals surface area contributed by atoms with Crippen LogP contribution in [0.25, 0.3) is 0 Å². The minimum atomic E-state index is -0.0203. The molecule has 1 aromatic heterocycles. The van der Waals surface area contributed by atoms with Crippen molar-refractivity contribution >= 4 is 5.91 Å². The van der Waals surface area contributed by atoms with Crippen LogP contribution in [-0.2, 0) is 17.9 Å². The van der Waals surface area contributed by atoms with Crippen molar-refractivity contribution in [3.63, 3.8) is 0 Å². The van der Waals surface area contributed by atoms with Crippen LogP contribution < -0.4 is 14.8 Å². The minimum Gasteiger partial charge on any atom is -0.488 e. The van der Waals surface area contributed by atoms with Crippen LogP contribution in [0, 0.1) is 24.2 Å². The van der Waals surface area contributed by atoms with Gasteiger partial charge in [0.2, 0.25) is 5.91 Å². The van der Waals surface area contributed by atoms with Gasteiger partial charge in [0, 0.05) is 26.7 Å². The molecule has 1 aromatic carbocycles. The number of nitriles is 1. The smallest absolute Gasteiger partial charge is 0.225 e. The molecule has 0 unspecified atom stereocenters. The molecule has 0 aliphatic carbocycles. The molecule has 2 aromatic rings. The summed E-state index contributed by atoms with van der Waals surface area (Å²) in [5, 5.41) is 12.1. The molecule has 0 bridgehead atoms. The first-order chi connectivity index (χ1) is 14.4. The van der Waals surface area contributed by atoms with Crippen molar-refractivity contribution in [1.82, 2.24) is 15.2 Å². The molecule has 1 fully saturated rings.